The minimum atomic E-state index is -1.77. The van der Waals surface area contributed by atoms with Crippen molar-refractivity contribution in [1.29, 1.82) is 0 Å². The van der Waals surface area contributed by atoms with E-state index in [1.807, 2.05) is 26.1 Å². The van der Waals surface area contributed by atoms with Gasteiger partial charge in [0, 0.05) is 13.1 Å². The van der Waals surface area contributed by atoms with Crippen molar-refractivity contribution < 1.29 is 4.43 Å². The van der Waals surface area contributed by atoms with Gasteiger partial charge in [-0.05, 0) is 37.2 Å². The maximum atomic E-state index is 6.34. The highest BCUT2D eigenvalue weighted by Gasteiger charge is 2.39. The van der Waals surface area contributed by atoms with Crippen molar-refractivity contribution in [2.24, 2.45) is 7.05 Å². The number of hydrogen-bond donors (Lipinski definition) is 0. The van der Waals surface area contributed by atoms with Gasteiger partial charge in [-0.2, -0.15) is 0 Å². The zero-order valence-electron chi connectivity index (χ0n) is 13.0. The molecular weight excluding hydrogens is 252 g/mol. The molecule has 0 N–H and O–H groups in total. The van der Waals surface area contributed by atoms with Crippen LogP contribution in [0.25, 0.3) is 11.0 Å². The molecule has 0 atom stereocenters. The van der Waals surface area contributed by atoms with Crippen molar-refractivity contribution in [2.45, 2.75) is 45.8 Å². The van der Waals surface area contributed by atoms with Crippen molar-refractivity contribution in [2.75, 3.05) is 0 Å². The van der Waals surface area contributed by atoms with Gasteiger partial charge in [-0.3, -0.25) is 0 Å². The van der Waals surface area contributed by atoms with Crippen LogP contribution in [0.15, 0.2) is 18.2 Å². The molecule has 0 aliphatic carbocycles. The number of fused-ring (bicyclic) bond motifs is 1. The Morgan fingerprint density at radius 3 is 2.42 bits per heavy atom. The predicted molar refractivity (Wildman–Crippen MR) is 83.3 cm³/mol. The Morgan fingerprint density at radius 2 is 1.84 bits per heavy atom. The van der Waals surface area contributed by atoms with Gasteiger partial charge in [-0.25, -0.2) is 4.98 Å². The molecule has 0 amide bonds. The van der Waals surface area contributed by atoms with Gasteiger partial charge in [0.25, 0.3) is 0 Å². The van der Waals surface area contributed by atoms with Crippen LogP contribution in [0.1, 0.15) is 26.6 Å². The fourth-order valence-electron chi connectivity index (χ4n) is 1.80. The molecule has 0 spiro atoms. The van der Waals surface area contributed by atoms with Gasteiger partial charge in [-0.1, -0.05) is 20.8 Å². The third-order valence-corrected chi connectivity index (χ3v) is 8.61. The molecule has 0 fully saturated rings. The highest BCUT2D eigenvalue weighted by atomic mass is 28.4. The molecule has 4 heteroatoms. The van der Waals surface area contributed by atoms with Crippen molar-refractivity contribution in [3.63, 3.8) is 0 Å². The quantitative estimate of drug-likeness (QED) is 0.766. The van der Waals surface area contributed by atoms with Gasteiger partial charge < -0.3 is 8.99 Å². The summed E-state index contributed by atoms with van der Waals surface area (Å²) in [4.78, 5) is 4.52. The summed E-state index contributed by atoms with van der Waals surface area (Å²) >= 11 is 0. The Morgan fingerprint density at radius 1 is 1.21 bits per heavy atom. The summed E-state index contributed by atoms with van der Waals surface area (Å²) in [5.41, 5.74) is 2.16. The first-order chi connectivity index (χ1) is 8.62. The van der Waals surface area contributed by atoms with E-state index in [0.29, 0.717) is 0 Å². The van der Waals surface area contributed by atoms with Crippen LogP contribution < -0.4 is 4.43 Å². The molecule has 3 nitrogen and oxygen atoms in total. The molecule has 2 aromatic rings. The van der Waals surface area contributed by atoms with Crippen molar-refractivity contribution in [3.8, 4) is 5.75 Å². The molecule has 0 unspecified atom stereocenters. The Labute approximate surface area is 116 Å². The summed E-state index contributed by atoms with van der Waals surface area (Å²) < 4.78 is 8.44. The van der Waals surface area contributed by atoms with Crippen LogP contribution in [0.2, 0.25) is 18.1 Å². The smallest absolute Gasteiger partial charge is 0.250 e. The largest absolute Gasteiger partial charge is 0.543 e. The van der Waals surface area contributed by atoms with E-state index in [-0.39, 0.29) is 5.04 Å². The summed E-state index contributed by atoms with van der Waals surface area (Å²) in [6, 6.07) is 6.19. The number of aromatic nitrogens is 2. The number of rotatable bonds is 2. The van der Waals surface area contributed by atoms with Crippen molar-refractivity contribution >= 4 is 19.4 Å². The molecule has 104 valence electrons. The molecule has 19 heavy (non-hydrogen) atoms. The second-order valence-electron chi connectivity index (χ2n) is 6.73. The van der Waals surface area contributed by atoms with E-state index < -0.39 is 8.32 Å². The minimum absolute atomic E-state index is 0.213. The summed E-state index contributed by atoms with van der Waals surface area (Å²) in [6.45, 7) is 13.3. The SMILES string of the molecule is Cc1nc2ccc(O[Si](C)(C)C(C)(C)C)cc2n1C. The lowest BCUT2D eigenvalue weighted by molar-refractivity contribution is 0.492. The molecule has 1 aromatic heterocycles. The van der Waals surface area contributed by atoms with Crippen LogP contribution in [-0.4, -0.2) is 17.9 Å². The van der Waals surface area contributed by atoms with E-state index in [4.69, 9.17) is 4.43 Å². The van der Waals surface area contributed by atoms with E-state index in [1.54, 1.807) is 0 Å². The summed E-state index contributed by atoms with van der Waals surface area (Å²) in [5, 5.41) is 0.213. The molecule has 0 aliphatic rings. The van der Waals surface area contributed by atoms with Gasteiger partial charge in [0.15, 0.2) is 0 Å². The fourth-order valence-corrected chi connectivity index (χ4v) is 2.82. The van der Waals surface area contributed by atoms with Crippen LogP contribution in [0, 0.1) is 6.92 Å². The lowest BCUT2D eigenvalue weighted by Crippen LogP contribution is -2.43. The first-order valence-corrected chi connectivity index (χ1v) is 9.65. The van der Waals surface area contributed by atoms with Gasteiger partial charge in [0.05, 0.1) is 11.0 Å². The zero-order valence-corrected chi connectivity index (χ0v) is 14.0. The molecule has 1 heterocycles. The molecule has 2 rings (SSSR count). The molecule has 0 saturated carbocycles. The highest BCUT2D eigenvalue weighted by Crippen LogP contribution is 2.37. The summed E-state index contributed by atoms with van der Waals surface area (Å²) in [5.74, 6) is 1.99. The molecular formula is C15H24N2OSi. The van der Waals surface area contributed by atoms with E-state index in [1.165, 1.54) is 0 Å². The lowest BCUT2D eigenvalue weighted by Gasteiger charge is -2.36. The number of benzene rings is 1. The van der Waals surface area contributed by atoms with Gasteiger partial charge in [0.1, 0.15) is 11.6 Å². The van der Waals surface area contributed by atoms with Crippen LogP contribution in [0.5, 0.6) is 5.75 Å². The fraction of sp³-hybridized carbons (Fsp3) is 0.533. The third-order valence-electron chi connectivity index (χ3n) is 4.26. The average molecular weight is 276 g/mol. The second-order valence-corrected chi connectivity index (χ2v) is 11.5. The first-order valence-electron chi connectivity index (χ1n) is 6.74. The molecule has 0 saturated heterocycles. The monoisotopic (exact) mass is 276 g/mol. The number of imidazole rings is 1. The van der Waals surface area contributed by atoms with Crippen LogP contribution in [0.3, 0.4) is 0 Å². The normalized spacial score (nSPS) is 13.0. The van der Waals surface area contributed by atoms with Crippen molar-refractivity contribution in [3.05, 3.63) is 24.0 Å². The molecule has 0 aliphatic heterocycles. The van der Waals surface area contributed by atoms with Crippen LogP contribution in [-0.2, 0) is 7.05 Å². The number of hydrogen-bond acceptors (Lipinski definition) is 2. The van der Waals surface area contributed by atoms with Gasteiger partial charge in [-0.15, -0.1) is 0 Å². The number of nitrogens with zero attached hydrogens (tertiary/aromatic N) is 2. The lowest BCUT2D eigenvalue weighted by atomic mass is 10.2. The van der Waals surface area contributed by atoms with Gasteiger partial charge >= 0.3 is 0 Å². The predicted octanol–water partition coefficient (Wildman–Crippen LogP) is 4.27. The third kappa shape index (κ3) is 2.54. The topological polar surface area (TPSA) is 27.1 Å². The highest BCUT2D eigenvalue weighted by molar-refractivity contribution is 6.74. The van der Waals surface area contributed by atoms with Crippen LogP contribution >= 0.6 is 0 Å². The molecule has 1 aromatic carbocycles. The Hall–Kier alpha value is -1.29. The van der Waals surface area contributed by atoms with E-state index in [0.717, 1.165) is 22.6 Å². The number of aryl methyl sites for hydroxylation is 2. The van der Waals surface area contributed by atoms with E-state index in [9.17, 15) is 0 Å². The Balaban J connectivity index is 2.39. The summed E-state index contributed by atoms with van der Waals surface area (Å²) in [6.07, 6.45) is 0. The Kier molecular flexibility index (Phi) is 3.25. The first kappa shape index (κ1) is 14.1. The minimum Gasteiger partial charge on any atom is -0.543 e. The molecule has 0 bridgehead atoms. The van der Waals surface area contributed by atoms with E-state index >= 15 is 0 Å². The average Bonchev–Trinajstić information content (AvgIpc) is 2.54. The van der Waals surface area contributed by atoms with Crippen molar-refractivity contribution in [1.82, 2.24) is 9.55 Å². The standard InChI is InChI=1S/C15H24N2OSi/c1-11-16-13-9-8-12(10-14(13)17(11)5)18-19(6,7)15(2,3)4/h8-10H,1-7H3. The van der Waals surface area contributed by atoms with Crippen LogP contribution in [0.4, 0.5) is 0 Å². The van der Waals surface area contributed by atoms with Gasteiger partial charge in [0.2, 0.25) is 8.32 Å². The maximum absolute atomic E-state index is 6.34. The van der Waals surface area contributed by atoms with E-state index in [2.05, 4.69) is 49.5 Å². The Bertz CT molecular complexity index is 608. The molecule has 0 radical (unpaired) electrons. The zero-order chi connectivity index (χ0) is 14.4. The maximum Gasteiger partial charge on any atom is 0.250 e. The second kappa shape index (κ2) is 4.37. The summed E-state index contributed by atoms with van der Waals surface area (Å²) in [7, 11) is 0.269.